The molecule has 4 heteroatoms. The van der Waals surface area contributed by atoms with Crippen LogP contribution in [-0.2, 0) is 0 Å². The summed E-state index contributed by atoms with van der Waals surface area (Å²) in [5.74, 6) is 1.22. The second-order valence-electron chi connectivity index (χ2n) is 3.94. The highest BCUT2D eigenvalue weighted by Crippen LogP contribution is 2.32. The first kappa shape index (κ1) is 11.7. The van der Waals surface area contributed by atoms with Crippen LogP contribution in [0.4, 0.5) is 0 Å². The quantitative estimate of drug-likeness (QED) is 0.640. The van der Waals surface area contributed by atoms with Gasteiger partial charge < -0.3 is 9.15 Å². The van der Waals surface area contributed by atoms with E-state index in [1.54, 1.807) is 0 Å². The summed E-state index contributed by atoms with van der Waals surface area (Å²) in [6.07, 6.45) is 0. The number of benzene rings is 2. The van der Waals surface area contributed by atoms with Crippen LogP contribution in [0.3, 0.4) is 0 Å². The molecule has 0 aliphatic heterocycles. The third-order valence-electron chi connectivity index (χ3n) is 2.75. The standard InChI is InChI=1S/C14H10Cl2O2/c15-5-6-17-10-2-4-12-11-3-1-9(16)7-13(11)18-14(12)8-10/h1-4,7-8H,5-6H2. The molecule has 0 atom stereocenters. The Morgan fingerprint density at radius 1 is 1.00 bits per heavy atom. The summed E-state index contributed by atoms with van der Waals surface area (Å²) in [5.41, 5.74) is 1.58. The minimum absolute atomic E-state index is 0.466. The summed E-state index contributed by atoms with van der Waals surface area (Å²) < 4.78 is 11.2. The number of halogens is 2. The van der Waals surface area contributed by atoms with E-state index in [-0.39, 0.29) is 0 Å². The number of fused-ring (bicyclic) bond motifs is 3. The summed E-state index contributed by atoms with van der Waals surface area (Å²) in [7, 11) is 0. The van der Waals surface area contributed by atoms with Crippen molar-refractivity contribution in [3.8, 4) is 5.75 Å². The molecule has 0 bridgehead atoms. The van der Waals surface area contributed by atoms with Gasteiger partial charge in [-0.15, -0.1) is 11.6 Å². The van der Waals surface area contributed by atoms with Gasteiger partial charge in [0.25, 0.3) is 0 Å². The van der Waals surface area contributed by atoms with Gasteiger partial charge in [-0.2, -0.15) is 0 Å². The fourth-order valence-corrected chi connectivity index (χ4v) is 2.22. The Bertz CT molecular complexity index is 703. The van der Waals surface area contributed by atoms with Crippen LogP contribution in [0.25, 0.3) is 21.9 Å². The van der Waals surface area contributed by atoms with Gasteiger partial charge in [0.2, 0.25) is 0 Å². The van der Waals surface area contributed by atoms with Gasteiger partial charge in [0.05, 0.1) is 5.88 Å². The highest BCUT2D eigenvalue weighted by Gasteiger charge is 2.08. The number of ether oxygens (including phenoxy) is 1. The summed E-state index contributed by atoms with van der Waals surface area (Å²) in [4.78, 5) is 0. The van der Waals surface area contributed by atoms with Crippen LogP contribution >= 0.6 is 23.2 Å². The van der Waals surface area contributed by atoms with Crippen LogP contribution in [-0.4, -0.2) is 12.5 Å². The van der Waals surface area contributed by atoms with Crippen LogP contribution in [0, 0.1) is 0 Å². The summed E-state index contributed by atoms with van der Waals surface area (Å²) in [6.45, 7) is 0.485. The molecule has 92 valence electrons. The van der Waals surface area contributed by atoms with E-state index in [4.69, 9.17) is 32.4 Å². The third-order valence-corrected chi connectivity index (χ3v) is 3.14. The molecule has 0 aliphatic rings. The Balaban J connectivity index is 2.14. The Hall–Kier alpha value is -1.38. The van der Waals surface area contributed by atoms with Crippen molar-refractivity contribution >= 4 is 45.1 Å². The number of hydrogen-bond donors (Lipinski definition) is 0. The molecule has 0 aliphatic carbocycles. The zero-order valence-corrected chi connectivity index (χ0v) is 11.0. The van der Waals surface area contributed by atoms with Gasteiger partial charge in [0, 0.05) is 27.9 Å². The molecule has 0 unspecified atom stereocenters. The Labute approximate surface area is 114 Å². The maximum Gasteiger partial charge on any atom is 0.139 e. The fourth-order valence-electron chi connectivity index (χ4n) is 1.98. The Morgan fingerprint density at radius 2 is 1.72 bits per heavy atom. The van der Waals surface area contributed by atoms with E-state index >= 15 is 0 Å². The predicted molar refractivity (Wildman–Crippen MR) is 74.9 cm³/mol. The van der Waals surface area contributed by atoms with E-state index in [0.29, 0.717) is 17.5 Å². The van der Waals surface area contributed by atoms with Crippen LogP contribution < -0.4 is 4.74 Å². The minimum atomic E-state index is 0.466. The van der Waals surface area contributed by atoms with Crippen LogP contribution in [0.2, 0.25) is 5.02 Å². The monoisotopic (exact) mass is 280 g/mol. The van der Waals surface area contributed by atoms with E-state index in [0.717, 1.165) is 27.7 Å². The number of rotatable bonds is 3. The smallest absolute Gasteiger partial charge is 0.139 e. The van der Waals surface area contributed by atoms with Gasteiger partial charge in [-0.1, -0.05) is 11.6 Å². The van der Waals surface area contributed by atoms with Gasteiger partial charge >= 0.3 is 0 Å². The first-order valence-corrected chi connectivity index (χ1v) is 6.50. The normalized spacial score (nSPS) is 11.2. The maximum absolute atomic E-state index is 5.95. The van der Waals surface area contributed by atoms with Crippen molar-refractivity contribution in [1.29, 1.82) is 0 Å². The molecule has 0 fully saturated rings. The molecule has 3 rings (SSSR count). The largest absolute Gasteiger partial charge is 0.492 e. The second-order valence-corrected chi connectivity index (χ2v) is 4.75. The Morgan fingerprint density at radius 3 is 2.50 bits per heavy atom. The Kier molecular flexibility index (Phi) is 3.06. The highest BCUT2D eigenvalue weighted by atomic mass is 35.5. The van der Waals surface area contributed by atoms with Gasteiger partial charge in [-0.3, -0.25) is 0 Å². The molecule has 3 aromatic rings. The zero-order valence-electron chi connectivity index (χ0n) is 9.45. The molecule has 0 amide bonds. The minimum Gasteiger partial charge on any atom is -0.492 e. The highest BCUT2D eigenvalue weighted by molar-refractivity contribution is 6.31. The molecule has 2 aromatic carbocycles. The van der Waals surface area contributed by atoms with Gasteiger partial charge in [-0.05, 0) is 24.3 Å². The van der Waals surface area contributed by atoms with Gasteiger partial charge in [0.1, 0.15) is 23.5 Å². The van der Waals surface area contributed by atoms with Crippen LogP contribution in [0.15, 0.2) is 40.8 Å². The molecule has 2 nitrogen and oxygen atoms in total. The molecule has 0 N–H and O–H groups in total. The molecule has 18 heavy (non-hydrogen) atoms. The van der Waals surface area contributed by atoms with Crippen molar-refractivity contribution < 1.29 is 9.15 Å². The lowest BCUT2D eigenvalue weighted by Crippen LogP contribution is -1.97. The van der Waals surface area contributed by atoms with Crippen molar-refractivity contribution in [1.82, 2.24) is 0 Å². The SMILES string of the molecule is ClCCOc1ccc2c(c1)oc1cc(Cl)ccc12. The van der Waals surface area contributed by atoms with Crippen molar-refractivity contribution in [3.63, 3.8) is 0 Å². The van der Waals surface area contributed by atoms with Crippen molar-refractivity contribution in [2.75, 3.05) is 12.5 Å². The van der Waals surface area contributed by atoms with Gasteiger partial charge in [-0.25, -0.2) is 0 Å². The van der Waals surface area contributed by atoms with E-state index in [2.05, 4.69) is 0 Å². The van der Waals surface area contributed by atoms with Crippen LogP contribution in [0.5, 0.6) is 5.75 Å². The molecule has 0 saturated heterocycles. The molecule has 0 spiro atoms. The molecule has 0 saturated carbocycles. The van der Waals surface area contributed by atoms with Crippen molar-refractivity contribution in [2.24, 2.45) is 0 Å². The number of furan rings is 1. The maximum atomic E-state index is 5.95. The summed E-state index contributed by atoms with van der Waals surface area (Å²) in [5, 5.41) is 2.78. The lowest BCUT2D eigenvalue weighted by molar-refractivity contribution is 0.343. The van der Waals surface area contributed by atoms with Crippen LogP contribution in [0.1, 0.15) is 0 Å². The third kappa shape index (κ3) is 2.02. The van der Waals surface area contributed by atoms with Crippen molar-refractivity contribution in [2.45, 2.75) is 0 Å². The summed E-state index contributed by atoms with van der Waals surface area (Å²) >= 11 is 11.5. The van der Waals surface area contributed by atoms with Gasteiger partial charge in [0.15, 0.2) is 0 Å². The second kappa shape index (κ2) is 4.71. The number of hydrogen-bond acceptors (Lipinski definition) is 2. The molecular weight excluding hydrogens is 271 g/mol. The van der Waals surface area contributed by atoms with Crippen molar-refractivity contribution in [3.05, 3.63) is 41.4 Å². The topological polar surface area (TPSA) is 22.4 Å². The van der Waals surface area contributed by atoms with E-state index in [9.17, 15) is 0 Å². The lowest BCUT2D eigenvalue weighted by atomic mass is 10.1. The lowest BCUT2D eigenvalue weighted by Gasteiger charge is -2.02. The van der Waals surface area contributed by atoms with E-state index < -0.39 is 0 Å². The molecule has 0 radical (unpaired) electrons. The first-order chi connectivity index (χ1) is 8.78. The molecule has 1 aromatic heterocycles. The first-order valence-electron chi connectivity index (χ1n) is 5.58. The fraction of sp³-hybridized carbons (Fsp3) is 0.143. The summed E-state index contributed by atoms with van der Waals surface area (Å²) in [6, 6.07) is 11.4. The molecule has 1 heterocycles. The number of alkyl halides is 1. The molecular formula is C14H10Cl2O2. The average Bonchev–Trinajstić information content (AvgIpc) is 2.72. The zero-order chi connectivity index (χ0) is 12.5. The average molecular weight is 281 g/mol. The van der Waals surface area contributed by atoms with E-state index in [1.165, 1.54) is 0 Å². The van der Waals surface area contributed by atoms with E-state index in [1.807, 2.05) is 36.4 Å². The predicted octanol–water partition coefficient (Wildman–Crippen LogP) is 4.86.